The molecule has 0 rings (SSSR count). The summed E-state index contributed by atoms with van der Waals surface area (Å²) in [6.45, 7) is 11.4. The van der Waals surface area contributed by atoms with Crippen molar-refractivity contribution in [2.24, 2.45) is 5.92 Å². The fourth-order valence-electron chi connectivity index (χ4n) is 1.91. The molecule has 0 aromatic heterocycles. The summed E-state index contributed by atoms with van der Waals surface area (Å²) in [5.41, 5.74) is 0. The Morgan fingerprint density at radius 2 is 1.95 bits per heavy atom. The molecule has 5 nitrogen and oxygen atoms in total. The van der Waals surface area contributed by atoms with E-state index in [1.54, 1.807) is 4.90 Å². The molecule has 0 saturated heterocycles. The van der Waals surface area contributed by atoms with Crippen LogP contribution in [0.25, 0.3) is 0 Å². The van der Waals surface area contributed by atoms with Crippen LogP contribution in [0.3, 0.4) is 0 Å². The van der Waals surface area contributed by atoms with E-state index >= 15 is 0 Å². The third-order valence-electron chi connectivity index (χ3n) is 3.15. The molecular formula is C15H32N2O3. The lowest BCUT2D eigenvalue weighted by atomic mass is 10.1. The molecule has 0 aliphatic rings. The zero-order valence-electron chi connectivity index (χ0n) is 13.5. The molecule has 0 spiro atoms. The summed E-state index contributed by atoms with van der Waals surface area (Å²) < 4.78 is 5.41. The van der Waals surface area contributed by atoms with Crippen LogP contribution in [-0.2, 0) is 9.53 Å². The number of hydrogen-bond acceptors (Lipinski definition) is 4. The van der Waals surface area contributed by atoms with E-state index in [9.17, 15) is 9.90 Å². The van der Waals surface area contributed by atoms with E-state index in [0.29, 0.717) is 25.7 Å². The number of aliphatic hydroxyl groups is 1. The molecule has 0 bridgehead atoms. The quantitative estimate of drug-likeness (QED) is 0.531. The fourth-order valence-corrected chi connectivity index (χ4v) is 1.91. The van der Waals surface area contributed by atoms with Crippen molar-refractivity contribution in [2.45, 2.75) is 46.6 Å². The van der Waals surface area contributed by atoms with Crippen molar-refractivity contribution in [1.29, 1.82) is 0 Å². The highest BCUT2D eigenvalue weighted by Crippen LogP contribution is 2.03. The van der Waals surface area contributed by atoms with Crippen LogP contribution in [0, 0.1) is 5.92 Å². The maximum absolute atomic E-state index is 11.7. The SMILES string of the molecule is CCN(CC)C(=O)CNCC(O)COCCCC(C)C. The van der Waals surface area contributed by atoms with Crippen LogP contribution in [-0.4, -0.2) is 61.4 Å². The third kappa shape index (κ3) is 10.2. The molecule has 1 amide bonds. The van der Waals surface area contributed by atoms with Gasteiger partial charge in [0, 0.05) is 26.2 Å². The van der Waals surface area contributed by atoms with Gasteiger partial charge in [-0.15, -0.1) is 0 Å². The van der Waals surface area contributed by atoms with Crippen LogP contribution < -0.4 is 5.32 Å². The molecule has 0 saturated carbocycles. The van der Waals surface area contributed by atoms with Gasteiger partial charge >= 0.3 is 0 Å². The molecule has 20 heavy (non-hydrogen) atoms. The summed E-state index contributed by atoms with van der Waals surface area (Å²) >= 11 is 0. The first-order valence-electron chi connectivity index (χ1n) is 7.75. The van der Waals surface area contributed by atoms with Gasteiger partial charge in [-0.05, 0) is 32.6 Å². The number of carbonyl (C=O) groups is 1. The highest BCUT2D eigenvalue weighted by molar-refractivity contribution is 5.78. The number of aliphatic hydroxyl groups excluding tert-OH is 1. The van der Waals surface area contributed by atoms with E-state index in [2.05, 4.69) is 19.2 Å². The van der Waals surface area contributed by atoms with Crippen molar-refractivity contribution in [3.8, 4) is 0 Å². The Morgan fingerprint density at radius 1 is 1.30 bits per heavy atom. The van der Waals surface area contributed by atoms with Crippen LogP contribution in [0.1, 0.15) is 40.5 Å². The van der Waals surface area contributed by atoms with Gasteiger partial charge < -0.3 is 20.1 Å². The zero-order valence-corrected chi connectivity index (χ0v) is 13.5. The lowest BCUT2D eigenvalue weighted by Gasteiger charge is -2.19. The molecule has 0 fully saturated rings. The Balaban J connectivity index is 3.53. The van der Waals surface area contributed by atoms with E-state index in [0.717, 1.165) is 25.9 Å². The minimum Gasteiger partial charge on any atom is -0.389 e. The van der Waals surface area contributed by atoms with Crippen LogP contribution >= 0.6 is 0 Å². The first-order valence-corrected chi connectivity index (χ1v) is 7.75. The van der Waals surface area contributed by atoms with Gasteiger partial charge in [-0.25, -0.2) is 0 Å². The van der Waals surface area contributed by atoms with Crippen LogP contribution in [0.5, 0.6) is 0 Å². The van der Waals surface area contributed by atoms with Gasteiger partial charge in [0.1, 0.15) is 0 Å². The Morgan fingerprint density at radius 3 is 2.50 bits per heavy atom. The van der Waals surface area contributed by atoms with Crippen LogP contribution in [0.2, 0.25) is 0 Å². The normalized spacial score (nSPS) is 12.7. The lowest BCUT2D eigenvalue weighted by molar-refractivity contribution is -0.129. The third-order valence-corrected chi connectivity index (χ3v) is 3.15. The molecule has 0 aromatic rings. The number of rotatable bonds is 12. The maximum atomic E-state index is 11.7. The molecule has 0 radical (unpaired) electrons. The van der Waals surface area contributed by atoms with Crippen molar-refractivity contribution in [2.75, 3.05) is 39.4 Å². The predicted molar refractivity (Wildman–Crippen MR) is 81.7 cm³/mol. The maximum Gasteiger partial charge on any atom is 0.236 e. The molecule has 0 heterocycles. The first-order chi connectivity index (χ1) is 9.51. The summed E-state index contributed by atoms with van der Waals surface area (Å²) in [4.78, 5) is 13.5. The van der Waals surface area contributed by atoms with Gasteiger partial charge in [0.25, 0.3) is 0 Å². The predicted octanol–water partition coefficient (Wildman–Crippen LogP) is 1.26. The molecule has 0 aliphatic heterocycles. The second kappa shape index (κ2) is 12.1. The number of ether oxygens (including phenoxy) is 1. The zero-order chi connectivity index (χ0) is 15.4. The molecular weight excluding hydrogens is 256 g/mol. The Hall–Kier alpha value is -0.650. The van der Waals surface area contributed by atoms with Crippen molar-refractivity contribution >= 4 is 5.91 Å². The van der Waals surface area contributed by atoms with E-state index < -0.39 is 6.10 Å². The number of nitrogens with one attached hydrogen (secondary N) is 1. The van der Waals surface area contributed by atoms with Gasteiger partial charge in [0.05, 0.1) is 19.3 Å². The number of likely N-dealkylation sites (N-methyl/N-ethyl adjacent to an activating group) is 1. The van der Waals surface area contributed by atoms with Gasteiger partial charge in [0.2, 0.25) is 5.91 Å². The average Bonchev–Trinajstić information content (AvgIpc) is 2.39. The number of amides is 1. The highest BCUT2D eigenvalue weighted by atomic mass is 16.5. The van der Waals surface area contributed by atoms with Crippen molar-refractivity contribution in [1.82, 2.24) is 10.2 Å². The smallest absolute Gasteiger partial charge is 0.236 e. The summed E-state index contributed by atoms with van der Waals surface area (Å²) in [5.74, 6) is 0.760. The van der Waals surface area contributed by atoms with Gasteiger partial charge in [-0.3, -0.25) is 4.79 Å². The topological polar surface area (TPSA) is 61.8 Å². The van der Waals surface area contributed by atoms with Crippen molar-refractivity contribution < 1.29 is 14.6 Å². The minimum absolute atomic E-state index is 0.0695. The largest absolute Gasteiger partial charge is 0.389 e. The van der Waals surface area contributed by atoms with Gasteiger partial charge in [0.15, 0.2) is 0 Å². The Bertz CT molecular complexity index is 243. The van der Waals surface area contributed by atoms with E-state index in [1.807, 2.05) is 13.8 Å². The molecule has 0 aromatic carbocycles. The summed E-state index contributed by atoms with van der Waals surface area (Å²) in [5, 5.41) is 12.7. The van der Waals surface area contributed by atoms with Crippen LogP contribution in [0.4, 0.5) is 0 Å². The van der Waals surface area contributed by atoms with Crippen molar-refractivity contribution in [3.05, 3.63) is 0 Å². The first kappa shape index (κ1) is 19.4. The highest BCUT2D eigenvalue weighted by Gasteiger charge is 2.10. The second-order valence-electron chi connectivity index (χ2n) is 5.46. The summed E-state index contributed by atoms with van der Waals surface area (Å²) in [7, 11) is 0. The van der Waals surface area contributed by atoms with Crippen LogP contribution in [0.15, 0.2) is 0 Å². The van der Waals surface area contributed by atoms with Crippen molar-refractivity contribution in [3.63, 3.8) is 0 Å². The number of carbonyl (C=O) groups excluding carboxylic acids is 1. The number of nitrogens with zero attached hydrogens (tertiary/aromatic N) is 1. The lowest BCUT2D eigenvalue weighted by Crippen LogP contribution is -2.40. The van der Waals surface area contributed by atoms with E-state index in [4.69, 9.17) is 4.74 Å². The van der Waals surface area contributed by atoms with Gasteiger partial charge in [-0.2, -0.15) is 0 Å². The van der Waals surface area contributed by atoms with Gasteiger partial charge in [-0.1, -0.05) is 13.8 Å². The molecule has 1 unspecified atom stereocenters. The average molecular weight is 288 g/mol. The molecule has 5 heteroatoms. The summed E-state index contributed by atoms with van der Waals surface area (Å²) in [6, 6.07) is 0. The van der Waals surface area contributed by atoms with E-state index in [-0.39, 0.29) is 12.5 Å². The molecule has 0 aliphatic carbocycles. The monoisotopic (exact) mass is 288 g/mol. The molecule has 120 valence electrons. The fraction of sp³-hybridized carbons (Fsp3) is 0.933. The molecule has 1 atom stereocenters. The summed E-state index contributed by atoms with van der Waals surface area (Å²) in [6.07, 6.45) is 1.61. The van der Waals surface area contributed by atoms with E-state index in [1.165, 1.54) is 0 Å². The Labute approximate surface area is 123 Å². The number of hydrogen-bond donors (Lipinski definition) is 2. The standard InChI is InChI=1S/C15H32N2O3/c1-5-17(6-2)15(19)11-16-10-14(18)12-20-9-7-8-13(3)4/h13-14,16,18H,5-12H2,1-4H3. The Kier molecular flexibility index (Phi) is 11.7. The second-order valence-corrected chi connectivity index (χ2v) is 5.46. The minimum atomic E-state index is -0.557. The molecule has 2 N–H and O–H groups in total.